The predicted molar refractivity (Wildman–Crippen MR) is 129 cm³/mol. The van der Waals surface area contributed by atoms with Crippen LogP contribution in [0, 0.1) is 5.92 Å². The van der Waals surface area contributed by atoms with Gasteiger partial charge >= 0.3 is 5.97 Å². The zero-order valence-electron chi connectivity index (χ0n) is 21.6. The van der Waals surface area contributed by atoms with Crippen molar-refractivity contribution in [1.29, 1.82) is 0 Å². The fourth-order valence-corrected chi connectivity index (χ4v) is 3.49. The van der Waals surface area contributed by atoms with Crippen LogP contribution in [0.1, 0.15) is 80.1 Å². The van der Waals surface area contributed by atoms with E-state index < -0.39 is 12.0 Å². The van der Waals surface area contributed by atoms with Crippen molar-refractivity contribution in [2.24, 2.45) is 5.92 Å². The van der Waals surface area contributed by atoms with Crippen molar-refractivity contribution in [2.75, 3.05) is 27.2 Å². The van der Waals surface area contributed by atoms with Gasteiger partial charge < -0.3 is 25.6 Å². The van der Waals surface area contributed by atoms with E-state index in [-0.39, 0.29) is 30.3 Å². The summed E-state index contributed by atoms with van der Waals surface area (Å²) in [5, 5.41) is 9.47. The van der Waals surface area contributed by atoms with Crippen molar-refractivity contribution < 1.29 is 19.1 Å². The molecule has 3 N–H and O–H groups in total. The number of amides is 2. The van der Waals surface area contributed by atoms with Crippen LogP contribution < -0.4 is 16.0 Å². The van der Waals surface area contributed by atoms with Gasteiger partial charge in [-0.3, -0.25) is 14.4 Å². The van der Waals surface area contributed by atoms with Crippen molar-refractivity contribution in [2.45, 2.75) is 104 Å². The monoisotopic (exact) mass is 456 g/mol. The third-order valence-corrected chi connectivity index (χ3v) is 5.84. The molecule has 188 valence electrons. The Kier molecular flexibility index (Phi) is 16.0. The Morgan fingerprint density at radius 2 is 1.50 bits per heavy atom. The number of hydrogen-bond donors (Lipinski definition) is 3. The first-order valence-electron chi connectivity index (χ1n) is 12.1. The number of carbonyl (C=O) groups is 3. The number of rotatable bonds is 17. The molecule has 0 aromatic heterocycles. The SMILES string of the molecule is CCC(C)NC(C)CC(=O)N(C)CC(C)CCCNC(=O)CC(NC(C)CC)C(=O)OC. The summed E-state index contributed by atoms with van der Waals surface area (Å²) in [5.41, 5.74) is 0. The van der Waals surface area contributed by atoms with Crippen LogP contribution in [0.2, 0.25) is 0 Å². The maximum atomic E-state index is 12.4. The van der Waals surface area contributed by atoms with Crippen molar-refractivity contribution in [3.63, 3.8) is 0 Å². The van der Waals surface area contributed by atoms with Gasteiger partial charge in [-0.25, -0.2) is 0 Å². The van der Waals surface area contributed by atoms with E-state index in [1.165, 1.54) is 7.11 Å². The lowest BCUT2D eigenvalue weighted by Gasteiger charge is -2.25. The minimum atomic E-state index is -0.634. The van der Waals surface area contributed by atoms with Gasteiger partial charge in [-0.05, 0) is 52.4 Å². The van der Waals surface area contributed by atoms with Crippen LogP contribution in [-0.4, -0.2) is 74.1 Å². The van der Waals surface area contributed by atoms with Gasteiger partial charge in [0.25, 0.3) is 0 Å². The summed E-state index contributed by atoms with van der Waals surface area (Å²) in [5.74, 6) is -0.0981. The average molecular weight is 457 g/mol. The normalized spacial score (nSPS) is 15.9. The molecule has 0 bridgehead atoms. The molecule has 8 nitrogen and oxygen atoms in total. The highest BCUT2D eigenvalue weighted by Crippen LogP contribution is 2.09. The van der Waals surface area contributed by atoms with Crippen LogP contribution in [0.4, 0.5) is 0 Å². The Balaban J connectivity index is 4.23. The molecule has 5 atom stereocenters. The standard InChI is InChI=1S/C24H48N4O4/c1-9-18(4)26-20(6)14-23(30)28(7)16-17(3)12-11-13-25-22(29)15-21(24(31)32-8)27-19(5)10-2/h17-21,26-27H,9-16H2,1-8H3,(H,25,29). The highest BCUT2D eigenvalue weighted by atomic mass is 16.5. The second kappa shape index (κ2) is 16.9. The molecule has 0 radical (unpaired) electrons. The van der Waals surface area contributed by atoms with Gasteiger partial charge in [0.05, 0.1) is 13.5 Å². The first kappa shape index (κ1) is 30.3. The molecule has 2 amide bonds. The van der Waals surface area contributed by atoms with Gasteiger partial charge in [-0.1, -0.05) is 20.8 Å². The summed E-state index contributed by atoms with van der Waals surface area (Å²) < 4.78 is 4.80. The maximum absolute atomic E-state index is 12.4. The van der Waals surface area contributed by atoms with Crippen LogP contribution in [0.5, 0.6) is 0 Å². The van der Waals surface area contributed by atoms with Crippen LogP contribution in [-0.2, 0) is 19.1 Å². The molecule has 32 heavy (non-hydrogen) atoms. The molecule has 0 aromatic carbocycles. The number of esters is 1. The maximum Gasteiger partial charge on any atom is 0.323 e. The number of carbonyl (C=O) groups excluding carboxylic acids is 3. The number of methoxy groups -OCH3 is 1. The molecule has 0 aliphatic rings. The van der Waals surface area contributed by atoms with E-state index in [1.807, 2.05) is 27.8 Å². The van der Waals surface area contributed by atoms with Gasteiger partial charge in [0.2, 0.25) is 11.8 Å². The second-order valence-corrected chi connectivity index (χ2v) is 9.21. The Morgan fingerprint density at radius 3 is 2.06 bits per heavy atom. The van der Waals surface area contributed by atoms with Crippen molar-refractivity contribution in [3.8, 4) is 0 Å². The van der Waals surface area contributed by atoms with Crippen LogP contribution in [0.3, 0.4) is 0 Å². The van der Waals surface area contributed by atoms with E-state index in [9.17, 15) is 14.4 Å². The molecule has 0 aliphatic heterocycles. The molecule has 0 fully saturated rings. The molecular formula is C24H48N4O4. The molecule has 0 saturated carbocycles. The lowest BCUT2D eigenvalue weighted by atomic mass is 10.0. The second-order valence-electron chi connectivity index (χ2n) is 9.21. The molecule has 0 rings (SSSR count). The largest absolute Gasteiger partial charge is 0.468 e. The first-order chi connectivity index (χ1) is 15.0. The first-order valence-corrected chi connectivity index (χ1v) is 12.1. The zero-order valence-corrected chi connectivity index (χ0v) is 21.6. The Hall–Kier alpha value is -1.67. The number of ether oxygens (including phenoxy) is 1. The van der Waals surface area contributed by atoms with Crippen LogP contribution >= 0.6 is 0 Å². The fourth-order valence-electron chi connectivity index (χ4n) is 3.49. The molecule has 0 heterocycles. The van der Waals surface area contributed by atoms with Gasteiger partial charge in [0.1, 0.15) is 6.04 Å². The third kappa shape index (κ3) is 13.7. The molecule has 0 spiro atoms. The summed E-state index contributed by atoms with van der Waals surface area (Å²) >= 11 is 0. The number of nitrogens with zero attached hydrogens (tertiary/aromatic N) is 1. The molecule has 5 unspecified atom stereocenters. The minimum absolute atomic E-state index is 0.0622. The average Bonchev–Trinajstić information content (AvgIpc) is 2.74. The number of nitrogens with one attached hydrogen (secondary N) is 3. The van der Waals surface area contributed by atoms with Gasteiger partial charge in [-0.2, -0.15) is 0 Å². The molecule has 0 aliphatic carbocycles. The van der Waals surface area contributed by atoms with Gasteiger partial charge in [0.15, 0.2) is 0 Å². The van der Waals surface area contributed by atoms with Gasteiger partial charge in [0, 0.05) is 44.7 Å². The highest BCUT2D eigenvalue weighted by Gasteiger charge is 2.23. The summed E-state index contributed by atoms with van der Waals surface area (Å²) in [4.78, 5) is 38.4. The third-order valence-electron chi connectivity index (χ3n) is 5.84. The molecule has 0 saturated heterocycles. The minimum Gasteiger partial charge on any atom is -0.468 e. The predicted octanol–water partition coefficient (Wildman–Crippen LogP) is 2.46. The number of hydrogen-bond acceptors (Lipinski definition) is 6. The van der Waals surface area contributed by atoms with Crippen LogP contribution in [0.25, 0.3) is 0 Å². The van der Waals surface area contributed by atoms with Crippen molar-refractivity contribution in [1.82, 2.24) is 20.9 Å². The van der Waals surface area contributed by atoms with Crippen LogP contribution in [0.15, 0.2) is 0 Å². The van der Waals surface area contributed by atoms with E-state index in [0.717, 1.165) is 25.7 Å². The van der Waals surface area contributed by atoms with E-state index in [1.54, 1.807) is 4.90 Å². The van der Waals surface area contributed by atoms with Crippen molar-refractivity contribution >= 4 is 17.8 Å². The molecular weight excluding hydrogens is 408 g/mol. The Morgan fingerprint density at radius 1 is 0.906 bits per heavy atom. The lowest BCUT2D eigenvalue weighted by molar-refractivity contribution is -0.145. The van der Waals surface area contributed by atoms with E-state index in [4.69, 9.17) is 4.74 Å². The highest BCUT2D eigenvalue weighted by molar-refractivity contribution is 5.85. The summed E-state index contributed by atoms with van der Waals surface area (Å²) in [6, 6.07) is 0.0620. The Labute approximate surface area is 195 Å². The smallest absolute Gasteiger partial charge is 0.323 e. The van der Waals surface area contributed by atoms with E-state index in [0.29, 0.717) is 31.5 Å². The molecule has 8 heteroatoms. The van der Waals surface area contributed by atoms with Gasteiger partial charge in [-0.15, -0.1) is 0 Å². The Bertz CT molecular complexity index is 558. The summed E-state index contributed by atoms with van der Waals surface area (Å²) in [6.07, 6.45) is 4.19. The summed E-state index contributed by atoms with van der Waals surface area (Å²) in [7, 11) is 3.19. The van der Waals surface area contributed by atoms with E-state index >= 15 is 0 Å². The lowest BCUT2D eigenvalue weighted by Crippen LogP contribution is -2.45. The quantitative estimate of drug-likeness (QED) is 0.230. The zero-order chi connectivity index (χ0) is 24.7. The summed E-state index contributed by atoms with van der Waals surface area (Å²) in [6.45, 7) is 13.7. The fraction of sp³-hybridized carbons (Fsp3) is 0.875. The van der Waals surface area contributed by atoms with Crippen molar-refractivity contribution in [3.05, 3.63) is 0 Å². The van der Waals surface area contributed by atoms with E-state index in [2.05, 4.69) is 36.7 Å². The topological polar surface area (TPSA) is 99.8 Å². The molecule has 0 aromatic rings.